The molecule has 8 heteroatoms. The summed E-state index contributed by atoms with van der Waals surface area (Å²) in [4.78, 5) is 14.5. The first-order chi connectivity index (χ1) is 14.0. The van der Waals surface area contributed by atoms with E-state index in [-0.39, 0.29) is 17.8 Å². The minimum atomic E-state index is -0.952. The van der Waals surface area contributed by atoms with Crippen molar-refractivity contribution in [2.24, 2.45) is 0 Å². The number of aromatic nitrogens is 3. The van der Waals surface area contributed by atoms with E-state index in [1.54, 1.807) is 24.5 Å². The Morgan fingerprint density at radius 3 is 2.76 bits per heavy atom. The Balaban J connectivity index is 1.43. The Hall–Kier alpha value is -2.87. The van der Waals surface area contributed by atoms with Gasteiger partial charge in [-0.3, -0.25) is 9.97 Å². The molecule has 150 valence electrons. The van der Waals surface area contributed by atoms with Gasteiger partial charge in [-0.1, -0.05) is 6.07 Å². The van der Waals surface area contributed by atoms with Gasteiger partial charge >= 0.3 is 0 Å². The fraction of sp³-hybridized carbons (Fsp3) is 0.381. The van der Waals surface area contributed by atoms with Crippen LogP contribution in [-0.2, 0) is 0 Å². The highest BCUT2D eigenvalue weighted by atomic mass is 19.1. The van der Waals surface area contributed by atoms with Crippen molar-refractivity contribution in [3.8, 4) is 17.0 Å². The van der Waals surface area contributed by atoms with Gasteiger partial charge in [0.05, 0.1) is 30.3 Å². The maximum absolute atomic E-state index is 14.8. The van der Waals surface area contributed by atoms with Crippen molar-refractivity contribution < 1.29 is 13.9 Å². The molecule has 5 rings (SSSR count). The highest BCUT2D eigenvalue weighted by Crippen LogP contribution is 2.36. The van der Waals surface area contributed by atoms with Crippen LogP contribution in [0.3, 0.4) is 0 Å². The lowest BCUT2D eigenvalue weighted by molar-refractivity contribution is 0.176. The van der Waals surface area contributed by atoms with Crippen LogP contribution in [0.1, 0.15) is 19.3 Å². The highest BCUT2D eigenvalue weighted by molar-refractivity contribution is 5.93. The molecule has 2 N–H and O–H groups in total. The van der Waals surface area contributed by atoms with E-state index < -0.39 is 12.0 Å². The van der Waals surface area contributed by atoms with Crippen molar-refractivity contribution in [3.63, 3.8) is 0 Å². The number of hydrogen-bond donors (Lipinski definition) is 2. The van der Waals surface area contributed by atoms with Crippen LogP contribution in [0, 0.1) is 5.82 Å². The molecule has 2 aromatic heterocycles. The molecule has 2 unspecified atom stereocenters. The number of rotatable bonds is 3. The van der Waals surface area contributed by atoms with Crippen LogP contribution >= 0.6 is 0 Å². The fourth-order valence-corrected chi connectivity index (χ4v) is 4.56. The van der Waals surface area contributed by atoms with Crippen molar-refractivity contribution in [2.75, 3.05) is 11.9 Å². The number of aromatic hydroxyl groups is 1. The summed E-state index contributed by atoms with van der Waals surface area (Å²) in [6.45, 7) is 0. The van der Waals surface area contributed by atoms with Crippen molar-refractivity contribution in [3.05, 3.63) is 42.7 Å². The van der Waals surface area contributed by atoms with Gasteiger partial charge in [0.2, 0.25) is 0 Å². The minimum absolute atomic E-state index is 0.0861. The van der Waals surface area contributed by atoms with Gasteiger partial charge < -0.3 is 15.3 Å². The molecule has 2 aliphatic heterocycles. The number of pyridine rings is 1. The van der Waals surface area contributed by atoms with E-state index in [4.69, 9.17) is 0 Å². The smallest absolute Gasteiger partial charge is 0.149 e. The van der Waals surface area contributed by atoms with Crippen molar-refractivity contribution >= 4 is 16.6 Å². The maximum Gasteiger partial charge on any atom is 0.149 e. The van der Waals surface area contributed by atoms with Crippen LogP contribution in [0.15, 0.2) is 36.9 Å². The van der Waals surface area contributed by atoms with Gasteiger partial charge in [0.15, 0.2) is 0 Å². The topological polar surface area (TPSA) is 74.2 Å². The van der Waals surface area contributed by atoms with Crippen LogP contribution in [-0.4, -0.2) is 51.4 Å². The zero-order chi connectivity index (χ0) is 20.1. The number of piperidine rings is 1. The average molecular weight is 397 g/mol. The standard InChI is InChI=1S/C21H21F2N5O/c1-28(18-6-11-2-5-16(27-11)20(18)23)19-10-25-17(9-26-19)13-4-3-12-14(21(13)29)7-24-8-15(12)22/h3-4,7-11,16,18,20,27,29H,2,5-6H2,1H3/t11?,16?,18-,20+/m1/s1. The van der Waals surface area contributed by atoms with E-state index in [9.17, 15) is 13.9 Å². The third-order valence-electron chi connectivity index (χ3n) is 6.19. The molecule has 29 heavy (non-hydrogen) atoms. The monoisotopic (exact) mass is 397 g/mol. The Bertz CT molecular complexity index is 1060. The molecule has 2 aliphatic rings. The van der Waals surface area contributed by atoms with Gasteiger partial charge in [0.25, 0.3) is 0 Å². The molecule has 4 heterocycles. The molecule has 0 amide bonds. The Morgan fingerprint density at radius 1 is 1.10 bits per heavy atom. The Kier molecular flexibility index (Phi) is 4.31. The number of nitrogens with zero attached hydrogens (tertiary/aromatic N) is 4. The molecule has 4 atom stereocenters. The number of hydrogen-bond acceptors (Lipinski definition) is 6. The van der Waals surface area contributed by atoms with Crippen LogP contribution in [0.5, 0.6) is 5.75 Å². The quantitative estimate of drug-likeness (QED) is 0.707. The van der Waals surface area contributed by atoms with Crippen LogP contribution in [0.4, 0.5) is 14.6 Å². The number of phenols is 1. The van der Waals surface area contributed by atoms with E-state index in [0.717, 1.165) is 25.5 Å². The average Bonchev–Trinajstić information content (AvgIpc) is 3.15. The SMILES string of the molecule is CN(c1cnc(-c2ccc3c(F)cncc3c2O)cn1)[C@@H]1CC2CCC(N2)[C@@H]1F. The summed E-state index contributed by atoms with van der Waals surface area (Å²) < 4.78 is 28.7. The van der Waals surface area contributed by atoms with Crippen LogP contribution in [0.2, 0.25) is 0 Å². The molecule has 0 aliphatic carbocycles. The fourth-order valence-electron chi connectivity index (χ4n) is 4.56. The summed E-state index contributed by atoms with van der Waals surface area (Å²) in [6.07, 6.45) is 7.32. The summed E-state index contributed by atoms with van der Waals surface area (Å²) in [7, 11) is 1.84. The summed E-state index contributed by atoms with van der Waals surface area (Å²) in [5.74, 6) is -0.0107. The van der Waals surface area contributed by atoms with Crippen LogP contribution < -0.4 is 10.2 Å². The molecular formula is C21H21F2N5O. The first-order valence-electron chi connectivity index (χ1n) is 9.73. The molecule has 3 aromatic rings. The number of benzene rings is 1. The van der Waals surface area contributed by atoms with E-state index in [1.165, 1.54) is 6.20 Å². The number of fused-ring (bicyclic) bond motifs is 3. The van der Waals surface area contributed by atoms with E-state index in [2.05, 4.69) is 20.3 Å². The van der Waals surface area contributed by atoms with Gasteiger partial charge in [-0.15, -0.1) is 0 Å². The Morgan fingerprint density at radius 2 is 1.97 bits per heavy atom. The van der Waals surface area contributed by atoms with Crippen molar-refractivity contribution in [1.29, 1.82) is 0 Å². The molecular weight excluding hydrogens is 376 g/mol. The largest absolute Gasteiger partial charge is 0.507 e. The molecule has 0 saturated carbocycles. The molecule has 6 nitrogen and oxygen atoms in total. The van der Waals surface area contributed by atoms with Gasteiger partial charge in [-0.25, -0.2) is 13.8 Å². The first-order valence-corrected chi connectivity index (χ1v) is 9.73. The second-order valence-electron chi connectivity index (χ2n) is 7.84. The zero-order valence-electron chi connectivity index (χ0n) is 15.9. The maximum atomic E-state index is 14.8. The molecule has 1 aromatic carbocycles. The summed E-state index contributed by atoms with van der Waals surface area (Å²) >= 11 is 0. The summed E-state index contributed by atoms with van der Waals surface area (Å²) in [6, 6.07) is 3.22. The molecule has 0 spiro atoms. The molecule has 2 fully saturated rings. The number of nitrogens with one attached hydrogen (secondary N) is 1. The van der Waals surface area contributed by atoms with Crippen molar-refractivity contribution in [2.45, 2.75) is 43.6 Å². The molecule has 0 radical (unpaired) electrons. The Labute approximate surface area is 166 Å². The predicted octanol–water partition coefficient (Wildman–Crippen LogP) is 3.20. The second-order valence-corrected chi connectivity index (χ2v) is 7.84. The van der Waals surface area contributed by atoms with E-state index in [1.807, 2.05) is 11.9 Å². The van der Waals surface area contributed by atoms with Crippen molar-refractivity contribution in [1.82, 2.24) is 20.3 Å². The number of halogens is 2. The lowest BCUT2D eigenvalue weighted by Gasteiger charge is -2.38. The van der Waals surface area contributed by atoms with Gasteiger partial charge in [-0.2, -0.15) is 0 Å². The lowest BCUT2D eigenvalue weighted by Crippen LogP contribution is -2.55. The van der Waals surface area contributed by atoms with E-state index in [0.29, 0.717) is 33.9 Å². The van der Waals surface area contributed by atoms with Gasteiger partial charge in [0, 0.05) is 41.7 Å². The number of alkyl halides is 1. The summed E-state index contributed by atoms with van der Waals surface area (Å²) in [5, 5.41) is 14.5. The molecule has 2 saturated heterocycles. The van der Waals surface area contributed by atoms with Gasteiger partial charge in [0.1, 0.15) is 23.6 Å². The zero-order valence-corrected chi connectivity index (χ0v) is 15.9. The number of phenolic OH excluding ortho intramolecular Hbond substituents is 1. The third kappa shape index (κ3) is 2.98. The first kappa shape index (κ1) is 18.2. The number of anilines is 1. The summed E-state index contributed by atoms with van der Waals surface area (Å²) in [5.41, 5.74) is 0.892. The predicted molar refractivity (Wildman–Crippen MR) is 106 cm³/mol. The third-order valence-corrected chi connectivity index (χ3v) is 6.19. The highest BCUT2D eigenvalue weighted by Gasteiger charge is 2.43. The van der Waals surface area contributed by atoms with E-state index >= 15 is 0 Å². The normalized spacial score (nSPS) is 26.0. The van der Waals surface area contributed by atoms with Crippen LogP contribution in [0.25, 0.3) is 22.0 Å². The van der Waals surface area contributed by atoms with Gasteiger partial charge in [-0.05, 0) is 25.3 Å². The second kappa shape index (κ2) is 6.88. The molecule has 2 bridgehead atoms. The minimum Gasteiger partial charge on any atom is -0.507 e. The lowest BCUT2D eigenvalue weighted by atomic mass is 9.96.